The van der Waals surface area contributed by atoms with Crippen LogP contribution >= 0.6 is 0 Å². The van der Waals surface area contributed by atoms with E-state index in [4.69, 9.17) is 9.15 Å². The van der Waals surface area contributed by atoms with E-state index in [2.05, 4.69) is 10.3 Å². The lowest BCUT2D eigenvalue weighted by atomic mass is 9.74. The highest BCUT2D eigenvalue weighted by molar-refractivity contribution is 5.93. The number of benzene rings is 1. The average Bonchev–Trinajstić information content (AvgIpc) is 3.33. The lowest BCUT2D eigenvalue weighted by molar-refractivity contribution is 0.0230. The smallest absolute Gasteiger partial charge is 0.274 e. The predicted octanol–water partition coefficient (Wildman–Crippen LogP) is 2.94. The Morgan fingerprint density at radius 2 is 2.19 bits per heavy atom. The summed E-state index contributed by atoms with van der Waals surface area (Å²) < 4.78 is 24.6. The molecule has 2 N–H and O–H groups in total. The Kier molecular flexibility index (Phi) is 4.40. The molecule has 2 aromatic rings. The zero-order valence-electron chi connectivity index (χ0n) is 14.4. The van der Waals surface area contributed by atoms with Gasteiger partial charge in [-0.25, -0.2) is 9.37 Å². The van der Waals surface area contributed by atoms with Crippen LogP contribution in [0.15, 0.2) is 29.0 Å². The number of amides is 1. The molecule has 0 radical (unpaired) electrons. The molecule has 1 aromatic heterocycles. The number of nitrogens with one attached hydrogen (secondary N) is 1. The number of carbonyl (C=O) groups is 1. The number of ether oxygens (including phenoxy) is 1. The monoisotopic (exact) mass is 360 g/mol. The van der Waals surface area contributed by atoms with E-state index >= 15 is 0 Å². The van der Waals surface area contributed by atoms with Crippen molar-refractivity contribution in [1.29, 1.82) is 0 Å². The largest absolute Gasteiger partial charge is 0.496 e. The molecule has 2 aliphatic carbocycles. The molecule has 7 heteroatoms. The molecule has 0 saturated heterocycles. The van der Waals surface area contributed by atoms with E-state index in [-0.39, 0.29) is 23.4 Å². The third kappa shape index (κ3) is 3.19. The lowest BCUT2D eigenvalue weighted by Gasteiger charge is -2.38. The van der Waals surface area contributed by atoms with Crippen LogP contribution in [0.5, 0.6) is 5.75 Å². The summed E-state index contributed by atoms with van der Waals surface area (Å²) in [6, 6.07) is 3.77. The molecule has 1 heterocycles. The van der Waals surface area contributed by atoms with E-state index < -0.39 is 18.0 Å². The molecular weight excluding hydrogens is 339 g/mol. The van der Waals surface area contributed by atoms with Crippen molar-refractivity contribution >= 4 is 5.91 Å². The van der Waals surface area contributed by atoms with Crippen LogP contribution in [0.3, 0.4) is 0 Å². The molecule has 0 bridgehead atoms. The first-order valence-electron chi connectivity index (χ1n) is 8.82. The number of rotatable bonds is 6. The number of nitrogens with zero attached hydrogens (tertiary/aromatic N) is 1. The van der Waals surface area contributed by atoms with E-state index in [0.29, 0.717) is 29.9 Å². The quantitative estimate of drug-likeness (QED) is 0.827. The third-order valence-electron chi connectivity index (χ3n) is 5.19. The van der Waals surface area contributed by atoms with Crippen LogP contribution in [0.1, 0.15) is 59.5 Å². The molecule has 1 amide bonds. The molecule has 0 spiro atoms. The minimum atomic E-state index is -0.472. The first-order chi connectivity index (χ1) is 12.6. The van der Waals surface area contributed by atoms with Crippen molar-refractivity contribution in [3.8, 4) is 5.75 Å². The van der Waals surface area contributed by atoms with Gasteiger partial charge >= 0.3 is 0 Å². The fourth-order valence-corrected chi connectivity index (χ4v) is 3.57. The topological polar surface area (TPSA) is 84.6 Å². The van der Waals surface area contributed by atoms with Gasteiger partial charge in [-0.15, -0.1) is 0 Å². The van der Waals surface area contributed by atoms with Crippen LogP contribution < -0.4 is 10.1 Å². The standard InChI is InChI=1S/C19H21FN2O4/c1-25-15-5-4-12(20)8-14(15)16(11-6-13(23)7-11)22-19(24)17-18(10-2-3-10)26-9-21-17/h4-5,8-11,13,16,23H,2-3,6-7H2,1H3,(H,22,24)/t11?,13?,16-/m0/s1. The number of aromatic nitrogens is 1. The van der Waals surface area contributed by atoms with Gasteiger partial charge in [0.25, 0.3) is 5.91 Å². The van der Waals surface area contributed by atoms with Gasteiger partial charge in [-0.3, -0.25) is 4.79 Å². The highest BCUT2D eigenvalue weighted by Crippen LogP contribution is 2.43. The molecule has 2 aliphatic rings. The van der Waals surface area contributed by atoms with E-state index in [9.17, 15) is 14.3 Å². The Bertz CT molecular complexity index is 812. The molecule has 1 aromatic carbocycles. The normalized spacial score (nSPS) is 23.2. The summed E-state index contributed by atoms with van der Waals surface area (Å²) in [5.74, 6) is 0.618. The summed E-state index contributed by atoms with van der Waals surface area (Å²) in [6.07, 6.45) is 3.95. The van der Waals surface area contributed by atoms with E-state index in [1.165, 1.54) is 25.6 Å². The van der Waals surface area contributed by atoms with Crippen LogP contribution in [-0.4, -0.2) is 29.2 Å². The van der Waals surface area contributed by atoms with Crippen molar-refractivity contribution in [1.82, 2.24) is 10.3 Å². The molecular formula is C19H21FN2O4. The number of carbonyl (C=O) groups excluding carboxylic acids is 1. The third-order valence-corrected chi connectivity index (χ3v) is 5.19. The van der Waals surface area contributed by atoms with Crippen molar-refractivity contribution in [2.75, 3.05) is 7.11 Å². The zero-order valence-corrected chi connectivity index (χ0v) is 14.4. The molecule has 4 rings (SSSR count). The number of methoxy groups -OCH3 is 1. The second-order valence-corrected chi connectivity index (χ2v) is 7.06. The number of oxazole rings is 1. The first kappa shape index (κ1) is 17.0. The van der Waals surface area contributed by atoms with Crippen LogP contribution in [0.4, 0.5) is 4.39 Å². The Morgan fingerprint density at radius 1 is 1.42 bits per heavy atom. The van der Waals surface area contributed by atoms with Gasteiger partial charge in [0.1, 0.15) is 17.3 Å². The van der Waals surface area contributed by atoms with E-state index in [1.807, 2.05) is 0 Å². The predicted molar refractivity (Wildman–Crippen MR) is 90.4 cm³/mol. The average molecular weight is 360 g/mol. The summed E-state index contributed by atoms with van der Waals surface area (Å²) in [4.78, 5) is 16.9. The number of hydrogen-bond acceptors (Lipinski definition) is 5. The molecule has 0 unspecified atom stereocenters. The van der Waals surface area contributed by atoms with Crippen molar-refractivity contribution < 1.29 is 23.4 Å². The van der Waals surface area contributed by atoms with Crippen molar-refractivity contribution in [3.05, 3.63) is 47.4 Å². The summed E-state index contributed by atoms with van der Waals surface area (Å²) in [5.41, 5.74) is 0.849. The maximum Gasteiger partial charge on any atom is 0.274 e. The minimum absolute atomic E-state index is 0.000857. The molecule has 2 saturated carbocycles. The van der Waals surface area contributed by atoms with Crippen LogP contribution in [0.2, 0.25) is 0 Å². The molecule has 1 atom stereocenters. The highest BCUT2D eigenvalue weighted by Gasteiger charge is 2.39. The first-order valence-corrected chi connectivity index (χ1v) is 8.82. The van der Waals surface area contributed by atoms with Gasteiger partial charge in [-0.2, -0.15) is 0 Å². The van der Waals surface area contributed by atoms with Gasteiger partial charge in [0.05, 0.1) is 19.3 Å². The maximum absolute atomic E-state index is 13.8. The second kappa shape index (κ2) is 6.72. The van der Waals surface area contributed by atoms with Crippen molar-refractivity contribution in [3.63, 3.8) is 0 Å². The summed E-state index contributed by atoms with van der Waals surface area (Å²) in [5, 5.41) is 12.7. The highest BCUT2D eigenvalue weighted by atomic mass is 19.1. The Balaban J connectivity index is 1.63. The molecule has 2 fully saturated rings. The van der Waals surface area contributed by atoms with Gasteiger partial charge in [-0.05, 0) is 49.8 Å². The molecule has 138 valence electrons. The minimum Gasteiger partial charge on any atom is -0.496 e. The number of aliphatic hydroxyl groups is 1. The fraction of sp³-hybridized carbons (Fsp3) is 0.474. The Morgan fingerprint density at radius 3 is 2.85 bits per heavy atom. The Hall–Kier alpha value is -2.41. The second-order valence-electron chi connectivity index (χ2n) is 7.06. The van der Waals surface area contributed by atoms with E-state index in [1.54, 1.807) is 6.07 Å². The zero-order chi connectivity index (χ0) is 18.3. The number of halogens is 1. The van der Waals surface area contributed by atoms with E-state index in [0.717, 1.165) is 12.8 Å². The van der Waals surface area contributed by atoms with Gasteiger partial charge in [0, 0.05) is 11.5 Å². The van der Waals surface area contributed by atoms with Crippen LogP contribution in [0, 0.1) is 11.7 Å². The van der Waals surface area contributed by atoms with Gasteiger partial charge in [-0.1, -0.05) is 0 Å². The van der Waals surface area contributed by atoms with Gasteiger partial charge in [0.15, 0.2) is 12.1 Å². The number of aliphatic hydroxyl groups excluding tert-OH is 1. The number of hydrogen-bond donors (Lipinski definition) is 2. The molecule has 0 aliphatic heterocycles. The summed E-state index contributed by atoms with van der Waals surface area (Å²) >= 11 is 0. The lowest BCUT2D eigenvalue weighted by Crippen LogP contribution is -2.41. The summed E-state index contributed by atoms with van der Waals surface area (Å²) in [6.45, 7) is 0. The van der Waals surface area contributed by atoms with Crippen molar-refractivity contribution in [2.24, 2.45) is 5.92 Å². The van der Waals surface area contributed by atoms with Crippen molar-refractivity contribution in [2.45, 2.75) is 43.7 Å². The molecule has 26 heavy (non-hydrogen) atoms. The summed E-state index contributed by atoms with van der Waals surface area (Å²) in [7, 11) is 1.51. The van der Waals surface area contributed by atoms with Crippen LogP contribution in [-0.2, 0) is 0 Å². The Labute approximate surface area is 150 Å². The fourth-order valence-electron chi connectivity index (χ4n) is 3.57. The SMILES string of the molecule is COc1ccc(F)cc1[C@@H](NC(=O)c1ncoc1C1CC1)C1CC(O)C1. The van der Waals surface area contributed by atoms with Gasteiger partial charge < -0.3 is 19.6 Å². The van der Waals surface area contributed by atoms with Crippen LogP contribution in [0.25, 0.3) is 0 Å². The molecule has 6 nitrogen and oxygen atoms in total. The van der Waals surface area contributed by atoms with Gasteiger partial charge in [0.2, 0.25) is 0 Å². The maximum atomic E-state index is 13.8.